The summed E-state index contributed by atoms with van der Waals surface area (Å²) in [5.74, 6) is -0.629. The van der Waals surface area contributed by atoms with E-state index in [0.29, 0.717) is 20.4 Å². The van der Waals surface area contributed by atoms with Gasteiger partial charge in [-0.1, -0.05) is 18.2 Å². The first kappa shape index (κ1) is 13.7. The molecule has 2 heterocycles. The summed E-state index contributed by atoms with van der Waals surface area (Å²) in [7, 11) is 0. The number of halogens is 1. The molecule has 0 aliphatic heterocycles. The Hall–Kier alpha value is -2.29. The molecule has 3 aromatic rings. The van der Waals surface area contributed by atoms with Crippen molar-refractivity contribution in [1.29, 1.82) is 0 Å². The average molecular weight is 393 g/mol. The van der Waals surface area contributed by atoms with Crippen molar-refractivity contribution in [3.8, 4) is 11.6 Å². The van der Waals surface area contributed by atoms with Crippen LogP contribution in [0.1, 0.15) is 10.4 Å². The number of pyridine rings is 1. The number of nitrogens with zero attached hydrogens (tertiary/aromatic N) is 3. The molecule has 0 aliphatic carbocycles. The normalized spacial score (nSPS) is 10.5. The van der Waals surface area contributed by atoms with Crippen LogP contribution in [-0.4, -0.2) is 26.0 Å². The zero-order chi connectivity index (χ0) is 14.8. The molecular weight excluding hydrogens is 385 g/mol. The Morgan fingerprint density at radius 1 is 1.19 bits per heavy atom. The molecule has 6 nitrogen and oxygen atoms in total. The van der Waals surface area contributed by atoms with E-state index in [4.69, 9.17) is 4.74 Å². The number of fused-ring (bicyclic) bond motifs is 1. The van der Waals surface area contributed by atoms with Crippen LogP contribution in [0.4, 0.5) is 0 Å². The Morgan fingerprint density at radius 2 is 2.00 bits per heavy atom. The van der Waals surface area contributed by atoms with E-state index < -0.39 is 5.97 Å². The number of benzene rings is 1. The number of hydrogen-bond acceptors (Lipinski definition) is 5. The smallest absolute Gasteiger partial charge is 0.340 e. The van der Waals surface area contributed by atoms with Crippen LogP contribution in [0.5, 0.6) is 11.6 Å². The largest absolute Gasteiger partial charge is 0.478 e. The van der Waals surface area contributed by atoms with E-state index in [-0.39, 0.29) is 11.3 Å². The van der Waals surface area contributed by atoms with Crippen LogP contribution in [0.2, 0.25) is 0 Å². The summed E-state index contributed by atoms with van der Waals surface area (Å²) in [4.78, 5) is 23.6. The zero-order valence-corrected chi connectivity index (χ0v) is 12.7. The van der Waals surface area contributed by atoms with Crippen molar-refractivity contribution in [2.24, 2.45) is 0 Å². The van der Waals surface area contributed by atoms with Gasteiger partial charge in [0.25, 0.3) is 0 Å². The molecule has 104 valence electrons. The standard InChI is InChI=1S/C14H8IN3O3/c15-9-5-16-7-18-13(9)21-11-6-17-10-4-2-1-3-8(10)12(11)14(19)20/h1-7H,(H,19,20). The van der Waals surface area contributed by atoms with Gasteiger partial charge in [0.2, 0.25) is 5.88 Å². The highest BCUT2D eigenvalue weighted by Gasteiger charge is 2.18. The lowest BCUT2D eigenvalue weighted by Crippen LogP contribution is -2.03. The average Bonchev–Trinajstić information content (AvgIpc) is 2.49. The minimum absolute atomic E-state index is 0.0648. The predicted molar refractivity (Wildman–Crippen MR) is 83.5 cm³/mol. The fourth-order valence-electron chi connectivity index (χ4n) is 1.90. The van der Waals surface area contributed by atoms with E-state index >= 15 is 0 Å². The zero-order valence-electron chi connectivity index (χ0n) is 10.5. The van der Waals surface area contributed by atoms with Gasteiger partial charge in [0.05, 0.1) is 15.3 Å². The molecule has 1 aromatic carbocycles. The summed E-state index contributed by atoms with van der Waals surface area (Å²) in [6, 6.07) is 7.01. The minimum Gasteiger partial charge on any atom is -0.478 e. The third kappa shape index (κ3) is 2.64. The molecule has 7 heteroatoms. The highest BCUT2D eigenvalue weighted by atomic mass is 127. The van der Waals surface area contributed by atoms with Crippen molar-refractivity contribution in [1.82, 2.24) is 15.0 Å². The van der Waals surface area contributed by atoms with Crippen molar-refractivity contribution in [2.75, 3.05) is 0 Å². The Balaban J connectivity index is 2.17. The molecule has 2 aromatic heterocycles. The molecule has 0 bridgehead atoms. The van der Waals surface area contributed by atoms with Gasteiger partial charge < -0.3 is 9.84 Å². The predicted octanol–water partition coefficient (Wildman–Crippen LogP) is 3.12. The first-order chi connectivity index (χ1) is 10.2. The van der Waals surface area contributed by atoms with E-state index in [1.807, 2.05) is 22.6 Å². The third-order valence-corrected chi connectivity index (χ3v) is 3.53. The first-order valence-corrected chi connectivity index (χ1v) is 6.99. The van der Waals surface area contributed by atoms with Crippen molar-refractivity contribution < 1.29 is 14.6 Å². The lowest BCUT2D eigenvalue weighted by atomic mass is 10.1. The molecule has 0 spiro atoms. The number of carboxylic acids is 1. The maximum atomic E-state index is 11.6. The van der Waals surface area contributed by atoms with Gasteiger partial charge in [0.1, 0.15) is 11.9 Å². The highest BCUT2D eigenvalue weighted by molar-refractivity contribution is 14.1. The summed E-state index contributed by atoms with van der Waals surface area (Å²) in [5.41, 5.74) is 0.662. The molecule has 0 saturated heterocycles. The van der Waals surface area contributed by atoms with Crippen LogP contribution < -0.4 is 4.74 Å². The Labute approximate surface area is 133 Å². The molecule has 0 unspecified atom stereocenters. The van der Waals surface area contributed by atoms with Gasteiger partial charge in [0.15, 0.2) is 5.75 Å². The van der Waals surface area contributed by atoms with Crippen molar-refractivity contribution in [3.63, 3.8) is 0 Å². The second-order valence-corrected chi connectivity index (χ2v) is 5.26. The van der Waals surface area contributed by atoms with Crippen LogP contribution >= 0.6 is 22.6 Å². The first-order valence-electron chi connectivity index (χ1n) is 5.91. The van der Waals surface area contributed by atoms with E-state index in [1.54, 1.807) is 30.5 Å². The number of hydrogen-bond donors (Lipinski definition) is 1. The van der Waals surface area contributed by atoms with Crippen LogP contribution in [0.3, 0.4) is 0 Å². The van der Waals surface area contributed by atoms with Gasteiger partial charge in [-0.15, -0.1) is 0 Å². The summed E-state index contributed by atoms with van der Waals surface area (Å²) in [5, 5.41) is 9.99. The lowest BCUT2D eigenvalue weighted by Gasteiger charge is -2.10. The van der Waals surface area contributed by atoms with Crippen LogP contribution in [0, 0.1) is 3.57 Å². The number of ether oxygens (including phenoxy) is 1. The summed E-state index contributed by atoms with van der Waals surface area (Å²) >= 11 is 2.02. The number of aromatic carboxylic acids is 1. The van der Waals surface area contributed by atoms with Crippen LogP contribution in [0.25, 0.3) is 10.9 Å². The topological polar surface area (TPSA) is 85.2 Å². The van der Waals surface area contributed by atoms with Crippen LogP contribution in [0.15, 0.2) is 43.0 Å². The van der Waals surface area contributed by atoms with Crippen molar-refractivity contribution in [3.05, 3.63) is 52.1 Å². The molecule has 1 N–H and O–H groups in total. The van der Waals surface area contributed by atoms with Gasteiger partial charge in [-0.3, -0.25) is 4.98 Å². The number of rotatable bonds is 3. The molecule has 0 fully saturated rings. The molecule has 0 atom stereocenters. The van der Waals surface area contributed by atoms with Crippen molar-refractivity contribution >= 4 is 39.5 Å². The SMILES string of the molecule is O=C(O)c1c(Oc2ncncc2I)cnc2ccccc12. The Morgan fingerprint density at radius 3 is 2.76 bits per heavy atom. The Bertz CT molecular complexity index is 839. The molecule has 0 amide bonds. The quantitative estimate of drug-likeness (QED) is 0.689. The number of carboxylic acid groups (broad SMARTS) is 1. The van der Waals surface area contributed by atoms with Gasteiger partial charge >= 0.3 is 5.97 Å². The maximum Gasteiger partial charge on any atom is 0.340 e. The fourth-order valence-corrected chi connectivity index (χ4v) is 2.31. The summed E-state index contributed by atoms with van der Waals surface area (Å²) < 4.78 is 6.29. The second-order valence-electron chi connectivity index (χ2n) is 4.10. The number of carbonyl (C=O) groups is 1. The molecule has 0 aliphatic rings. The maximum absolute atomic E-state index is 11.6. The molecular formula is C14H8IN3O3. The highest BCUT2D eigenvalue weighted by Crippen LogP contribution is 2.30. The minimum atomic E-state index is -1.08. The number of aromatic nitrogens is 3. The lowest BCUT2D eigenvalue weighted by molar-refractivity contribution is 0.0696. The molecule has 21 heavy (non-hydrogen) atoms. The molecule has 0 radical (unpaired) electrons. The van der Waals surface area contributed by atoms with Gasteiger partial charge in [-0.2, -0.15) is 0 Å². The van der Waals surface area contributed by atoms with Crippen molar-refractivity contribution in [2.45, 2.75) is 0 Å². The fraction of sp³-hybridized carbons (Fsp3) is 0. The molecule has 0 saturated carbocycles. The molecule has 3 rings (SSSR count). The monoisotopic (exact) mass is 393 g/mol. The third-order valence-electron chi connectivity index (χ3n) is 2.80. The second kappa shape index (κ2) is 5.60. The van der Waals surface area contributed by atoms with Gasteiger partial charge in [0, 0.05) is 11.6 Å². The summed E-state index contributed by atoms with van der Waals surface area (Å²) in [6.07, 6.45) is 4.31. The summed E-state index contributed by atoms with van der Waals surface area (Å²) in [6.45, 7) is 0. The Kier molecular flexibility index (Phi) is 3.65. The van der Waals surface area contributed by atoms with Crippen LogP contribution in [-0.2, 0) is 0 Å². The number of para-hydroxylation sites is 1. The van der Waals surface area contributed by atoms with E-state index in [0.717, 1.165) is 0 Å². The van der Waals surface area contributed by atoms with E-state index in [9.17, 15) is 9.90 Å². The van der Waals surface area contributed by atoms with Gasteiger partial charge in [-0.25, -0.2) is 14.8 Å². The van der Waals surface area contributed by atoms with E-state index in [1.165, 1.54) is 12.5 Å². The van der Waals surface area contributed by atoms with E-state index in [2.05, 4.69) is 15.0 Å². The van der Waals surface area contributed by atoms with Gasteiger partial charge in [-0.05, 0) is 28.7 Å².